The maximum Gasteiger partial charge on any atom is 0.114 e. The van der Waals surface area contributed by atoms with Gasteiger partial charge in [0.15, 0.2) is 0 Å². The zero-order valence-corrected chi connectivity index (χ0v) is 11.0. The Hall–Kier alpha value is -1.23. The predicted octanol–water partition coefficient (Wildman–Crippen LogP) is 2.56. The molecule has 1 saturated heterocycles. The van der Waals surface area contributed by atoms with Crippen LogP contribution in [0.15, 0.2) is 41.9 Å². The van der Waals surface area contributed by atoms with Crippen LogP contribution in [-0.4, -0.2) is 36.2 Å². The van der Waals surface area contributed by atoms with Crippen molar-refractivity contribution in [1.29, 1.82) is 0 Å². The number of ether oxygens (including phenoxy) is 1. The number of hydrogen-bond acceptors (Lipinski definition) is 4. The summed E-state index contributed by atoms with van der Waals surface area (Å²) in [6, 6.07) is 10.9. The van der Waals surface area contributed by atoms with Gasteiger partial charge in [0.25, 0.3) is 0 Å². The van der Waals surface area contributed by atoms with E-state index >= 15 is 0 Å². The van der Waals surface area contributed by atoms with Gasteiger partial charge in [0.1, 0.15) is 5.01 Å². The summed E-state index contributed by atoms with van der Waals surface area (Å²) in [5.74, 6) is 0. The third-order valence-electron chi connectivity index (χ3n) is 3.21. The van der Waals surface area contributed by atoms with Gasteiger partial charge in [-0.25, -0.2) is 4.98 Å². The van der Waals surface area contributed by atoms with E-state index in [9.17, 15) is 0 Å². The molecule has 3 nitrogen and oxygen atoms in total. The Labute approximate surface area is 111 Å². The molecule has 3 rings (SSSR count). The summed E-state index contributed by atoms with van der Waals surface area (Å²) in [6.45, 7) is 3.57. The predicted molar refractivity (Wildman–Crippen MR) is 72.8 cm³/mol. The molecule has 2 aromatic rings. The van der Waals surface area contributed by atoms with Crippen LogP contribution in [0.2, 0.25) is 0 Å². The van der Waals surface area contributed by atoms with Gasteiger partial charge in [-0.2, -0.15) is 0 Å². The van der Waals surface area contributed by atoms with Crippen LogP contribution in [0.5, 0.6) is 0 Å². The van der Waals surface area contributed by atoms with E-state index in [0.717, 1.165) is 26.3 Å². The van der Waals surface area contributed by atoms with Crippen molar-refractivity contribution >= 4 is 11.3 Å². The van der Waals surface area contributed by atoms with Gasteiger partial charge in [0, 0.05) is 24.7 Å². The highest BCUT2D eigenvalue weighted by atomic mass is 32.1. The molecular weight excluding hydrogens is 244 g/mol. The summed E-state index contributed by atoms with van der Waals surface area (Å²) >= 11 is 1.73. The quantitative estimate of drug-likeness (QED) is 0.848. The van der Waals surface area contributed by atoms with E-state index < -0.39 is 0 Å². The van der Waals surface area contributed by atoms with Crippen LogP contribution in [0, 0.1) is 0 Å². The van der Waals surface area contributed by atoms with Gasteiger partial charge in [0.05, 0.1) is 19.3 Å². The molecule has 1 aliphatic heterocycles. The summed E-state index contributed by atoms with van der Waals surface area (Å²) in [7, 11) is 0. The maximum atomic E-state index is 5.44. The second kappa shape index (κ2) is 5.61. The highest BCUT2D eigenvalue weighted by Crippen LogP contribution is 2.30. The molecule has 0 radical (unpaired) electrons. The summed E-state index contributed by atoms with van der Waals surface area (Å²) in [5.41, 5.74) is 1.31. The summed E-state index contributed by atoms with van der Waals surface area (Å²) in [4.78, 5) is 6.96. The topological polar surface area (TPSA) is 25.4 Å². The normalized spacial score (nSPS) is 18.7. The van der Waals surface area contributed by atoms with Crippen molar-refractivity contribution in [3.63, 3.8) is 0 Å². The Bertz CT molecular complexity index is 466. The molecular formula is C14H16N2OS. The number of rotatable bonds is 3. The maximum absolute atomic E-state index is 5.44. The number of benzene rings is 1. The Morgan fingerprint density at radius 2 is 1.94 bits per heavy atom. The van der Waals surface area contributed by atoms with Gasteiger partial charge in [-0.1, -0.05) is 30.3 Å². The number of aromatic nitrogens is 1. The fourth-order valence-electron chi connectivity index (χ4n) is 2.35. The highest BCUT2D eigenvalue weighted by molar-refractivity contribution is 7.09. The molecule has 1 atom stereocenters. The molecule has 1 aromatic carbocycles. The van der Waals surface area contributed by atoms with E-state index in [1.54, 1.807) is 11.3 Å². The zero-order valence-electron chi connectivity index (χ0n) is 10.2. The molecule has 0 aliphatic carbocycles. The number of thiazole rings is 1. The lowest BCUT2D eigenvalue weighted by molar-refractivity contribution is 0.0239. The zero-order chi connectivity index (χ0) is 12.2. The second-order valence-electron chi connectivity index (χ2n) is 4.33. The lowest BCUT2D eigenvalue weighted by Gasteiger charge is -2.33. The Balaban J connectivity index is 1.93. The van der Waals surface area contributed by atoms with E-state index in [1.165, 1.54) is 10.6 Å². The van der Waals surface area contributed by atoms with Crippen LogP contribution in [0.3, 0.4) is 0 Å². The van der Waals surface area contributed by atoms with Crippen molar-refractivity contribution in [1.82, 2.24) is 9.88 Å². The van der Waals surface area contributed by atoms with E-state index in [4.69, 9.17) is 4.74 Å². The average Bonchev–Trinajstić information content (AvgIpc) is 2.95. The number of hydrogen-bond donors (Lipinski definition) is 0. The standard InChI is InChI=1S/C14H16N2OS/c1-2-4-12(5-3-1)13(14-15-6-11-18-14)16-7-9-17-10-8-16/h1-6,11,13H,7-10H2. The smallest absolute Gasteiger partial charge is 0.114 e. The molecule has 1 unspecified atom stereocenters. The fourth-order valence-corrected chi connectivity index (χ4v) is 3.15. The van der Waals surface area contributed by atoms with Crippen molar-refractivity contribution in [2.45, 2.75) is 6.04 Å². The third-order valence-corrected chi connectivity index (χ3v) is 4.04. The largest absolute Gasteiger partial charge is 0.379 e. The lowest BCUT2D eigenvalue weighted by atomic mass is 10.1. The van der Waals surface area contributed by atoms with Crippen molar-refractivity contribution in [2.24, 2.45) is 0 Å². The van der Waals surface area contributed by atoms with E-state index in [2.05, 4.69) is 40.2 Å². The number of morpholine rings is 1. The van der Waals surface area contributed by atoms with Crippen molar-refractivity contribution < 1.29 is 4.74 Å². The highest BCUT2D eigenvalue weighted by Gasteiger charge is 2.25. The summed E-state index contributed by atoms with van der Waals surface area (Å²) < 4.78 is 5.44. The van der Waals surface area contributed by atoms with Crippen LogP contribution < -0.4 is 0 Å². The van der Waals surface area contributed by atoms with Crippen LogP contribution >= 0.6 is 11.3 Å². The molecule has 0 amide bonds. The molecule has 0 spiro atoms. The Morgan fingerprint density at radius 3 is 2.61 bits per heavy atom. The van der Waals surface area contributed by atoms with Crippen LogP contribution in [0.4, 0.5) is 0 Å². The minimum Gasteiger partial charge on any atom is -0.379 e. The average molecular weight is 260 g/mol. The molecule has 0 N–H and O–H groups in total. The first kappa shape index (κ1) is 11.8. The van der Waals surface area contributed by atoms with Crippen LogP contribution in [0.25, 0.3) is 0 Å². The van der Waals surface area contributed by atoms with Gasteiger partial charge < -0.3 is 4.74 Å². The third kappa shape index (κ3) is 2.46. The molecule has 18 heavy (non-hydrogen) atoms. The first-order chi connectivity index (χ1) is 8.95. The first-order valence-corrected chi connectivity index (χ1v) is 7.09. The molecule has 1 aromatic heterocycles. The molecule has 4 heteroatoms. The molecule has 1 fully saturated rings. The van der Waals surface area contributed by atoms with Crippen LogP contribution in [-0.2, 0) is 4.74 Å². The second-order valence-corrected chi connectivity index (χ2v) is 5.26. The minimum atomic E-state index is 0.273. The van der Waals surface area contributed by atoms with E-state index in [-0.39, 0.29) is 6.04 Å². The number of nitrogens with zero attached hydrogens (tertiary/aromatic N) is 2. The van der Waals surface area contributed by atoms with Gasteiger partial charge in [-0.05, 0) is 5.56 Å². The summed E-state index contributed by atoms with van der Waals surface area (Å²) in [6.07, 6.45) is 1.89. The molecule has 0 bridgehead atoms. The SMILES string of the molecule is c1ccc(C(c2nccs2)N2CCOCC2)cc1. The summed E-state index contributed by atoms with van der Waals surface area (Å²) in [5, 5.41) is 3.22. The lowest BCUT2D eigenvalue weighted by Crippen LogP contribution is -2.39. The van der Waals surface area contributed by atoms with Crippen LogP contribution in [0.1, 0.15) is 16.6 Å². The minimum absolute atomic E-state index is 0.273. The van der Waals surface area contributed by atoms with Crippen molar-refractivity contribution in [3.05, 3.63) is 52.5 Å². The monoisotopic (exact) mass is 260 g/mol. The Kier molecular flexibility index (Phi) is 3.69. The molecule has 2 heterocycles. The fraction of sp³-hybridized carbons (Fsp3) is 0.357. The molecule has 1 aliphatic rings. The van der Waals surface area contributed by atoms with Crippen molar-refractivity contribution in [2.75, 3.05) is 26.3 Å². The molecule has 94 valence electrons. The van der Waals surface area contributed by atoms with E-state index in [1.807, 2.05) is 11.6 Å². The molecule has 0 saturated carbocycles. The van der Waals surface area contributed by atoms with Gasteiger partial charge in [-0.3, -0.25) is 4.90 Å². The van der Waals surface area contributed by atoms with Gasteiger partial charge in [0.2, 0.25) is 0 Å². The Morgan fingerprint density at radius 1 is 1.17 bits per heavy atom. The van der Waals surface area contributed by atoms with Gasteiger partial charge >= 0.3 is 0 Å². The van der Waals surface area contributed by atoms with Gasteiger partial charge in [-0.15, -0.1) is 11.3 Å². The first-order valence-electron chi connectivity index (χ1n) is 6.21. The van der Waals surface area contributed by atoms with Crippen molar-refractivity contribution in [3.8, 4) is 0 Å². The van der Waals surface area contributed by atoms with E-state index in [0.29, 0.717) is 0 Å².